The molecule has 2 heteroatoms. The minimum absolute atomic E-state index is 0.745. The summed E-state index contributed by atoms with van der Waals surface area (Å²) in [5, 5.41) is 3.79. The Labute approximate surface area is 101 Å². The Hall–Kier alpha value is -0.0800. The molecule has 0 aromatic rings. The van der Waals surface area contributed by atoms with Crippen molar-refractivity contribution in [2.75, 3.05) is 26.7 Å². The van der Waals surface area contributed by atoms with Crippen molar-refractivity contribution in [3.05, 3.63) is 0 Å². The van der Waals surface area contributed by atoms with E-state index in [9.17, 15) is 0 Å². The molecule has 2 rings (SSSR count). The maximum Gasteiger partial charge on any atom is 0.00671 e. The molecule has 1 aliphatic heterocycles. The van der Waals surface area contributed by atoms with E-state index in [1.54, 1.807) is 0 Å². The van der Waals surface area contributed by atoms with Crippen LogP contribution in [0.4, 0.5) is 0 Å². The van der Waals surface area contributed by atoms with Crippen molar-refractivity contribution in [2.24, 2.45) is 11.8 Å². The zero-order chi connectivity index (χ0) is 11.4. The van der Waals surface area contributed by atoms with Crippen LogP contribution in [0.3, 0.4) is 0 Å². The summed E-state index contributed by atoms with van der Waals surface area (Å²) >= 11 is 0. The molecule has 0 amide bonds. The van der Waals surface area contributed by atoms with Crippen LogP contribution in [0.1, 0.15) is 45.4 Å². The average Bonchev–Trinajstić information content (AvgIpc) is 2.79. The lowest BCUT2D eigenvalue weighted by atomic mass is 9.96. The van der Waals surface area contributed by atoms with E-state index in [0.717, 1.165) is 17.9 Å². The van der Waals surface area contributed by atoms with E-state index in [4.69, 9.17) is 0 Å². The van der Waals surface area contributed by atoms with Gasteiger partial charge in [-0.2, -0.15) is 0 Å². The summed E-state index contributed by atoms with van der Waals surface area (Å²) in [5.41, 5.74) is 0. The molecule has 0 aromatic heterocycles. The van der Waals surface area contributed by atoms with E-state index in [2.05, 4.69) is 24.2 Å². The Morgan fingerprint density at radius 1 is 1.19 bits per heavy atom. The molecule has 0 radical (unpaired) electrons. The van der Waals surface area contributed by atoms with Crippen LogP contribution in [0.15, 0.2) is 0 Å². The van der Waals surface area contributed by atoms with Crippen molar-refractivity contribution in [3.8, 4) is 0 Å². The topological polar surface area (TPSA) is 15.3 Å². The molecule has 1 heterocycles. The van der Waals surface area contributed by atoms with Crippen LogP contribution in [-0.4, -0.2) is 37.6 Å². The monoisotopic (exact) mass is 224 g/mol. The van der Waals surface area contributed by atoms with Crippen LogP contribution in [0.5, 0.6) is 0 Å². The van der Waals surface area contributed by atoms with Gasteiger partial charge in [-0.15, -0.1) is 0 Å². The van der Waals surface area contributed by atoms with Gasteiger partial charge in [-0.3, -0.25) is 0 Å². The molecule has 2 nitrogen and oxygen atoms in total. The Balaban J connectivity index is 1.65. The minimum atomic E-state index is 0.745. The van der Waals surface area contributed by atoms with E-state index in [1.165, 1.54) is 58.2 Å². The van der Waals surface area contributed by atoms with Crippen molar-refractivity contribution in [1.29, 1.82) is 0 Å². The van der Waals surface area contributed by atoms with Crippen LogP contribution >= 0.6 is 0 Å². The van der Waals surface area contributed by atoms with Gasteiger partial charge >= 0.3 is 0 Å². The van der Waals surface area contributed by atoms with Crippen molar-refractivity contribution in [2.45, 2.75) is 51.5 Å². The van der Waals surface area contributed by atoms with Gasteiger partial charge in [-0.1, -0.05) is 12.8 Å². The smallest absolute Gasteiger partial charge is 0.00671 e. The van der Waals surface area contributed by atoms with Crippen molar-refractivity contribution in [1.82, 2.24) is 10.2 Å². The quantitative estimate of drug-likeness (QED) is 0.789. The third kappa shape index (κ3) is 3.46. The molecule has 2 aliphatic rings. The fourth-order valence-electron chi connectivity index (χ4n) is 3.42. The number of piperidine rings is 1. The van der Waals surface area contributed by atoms with E-state index in [1.807, 2.05) is 0 Å². The van der Waals surface area contributed by atoms with Crippen molar-refractivity contribution >= 4 is 0 Å². The molecular formula is C14H28N2. The van der Waals surface area contributed by atoms with Gasteiger partial charge in [-0.25, -0.2) is 0 Å². The van der Waals surface area contributed by atoms with Crippen LogP contribution in [-0.2, 0) is 0 Å². The molecule has 1 unspecified atom stereocenters. The Morgan fingerprint density at radius 2 is 1.94 bits per heavy atom. The first-order chi connectivity index (χ1) is 7.75. The maximum absolute atomic E-state index is 3.79. The molecule has 2 fully saturated rings. The van der Waals surface area contributed by atoms with Crippen LogP contribution in [0.2, 0.25) is 0 Å². The standard InChI is InChI=1S/C14H28N2/c1-12(14-7-3-4-8-14)15-10-13-6-5-9-16(2)11-13/h12-15H,3-11H2,1-2H3/t12-,13?/m1/s1. The largest absolute Gasteiger partial charge is 0.314 e. The molecule has 0 spiro atoms. The van der Waals surface area contributed by atoms with E-state index in [-0.39, 0.29) is 0 Å². The number of hydrogen-bond donors (Lipinski definition) is 1. The number of rotatable bonds is 4. The highest BCUT2D eigenvalue weighted by atomic mass is 15.1. The average molecular weight is 224 g/mol. The second-order valence-corrected chi connectivity index (χ2v) is 6.01. The van der Waals surface area contributed by atoms with Gasteiger partial charge < -0.3 is 10.2 Å². The van der Waals surface area contributed by atoms with Gasteiger partial charge in [0.15, 0.2) is 0 Å². The van der Waals surface area contributed by atoms with Gasteiger partial charge in [0.1, 0.15) is 0 Å². The maximum atomic E-state index is 3.79. The third-order valence-corrected chi connectivity index (χ3v) is 4.56. The Bertz CT molecular complexity index is 197. The molecular weight excluding hydrogens is 196 g/mol. The van der Waals surface area contributed by atoms with Crippen LogP contribution < -0.4 is 5.32 Å². The second kappa shape index (κ2) is 6.02. The summed E-state index contributed by atoms with van der Waals surface area (Å²) < 4.78 is 0. The SMILES string of the molecule is C[C@@H](NCC1CCCN(C)C1)C1CCCC1. The molecule has 2 atom stereocenters. The van der Waals surface area contributed by atoms with Gasteiger partial charge in [0.25, 0.3) is 0 Å². The summed E-state index contributed by atoms with van der Waals surface area (Å²) in [7, 11) is 2.26. The predicted molar refractivity (Wildman–Crippen MR) is 69.6 cm³/mol. The minimum Gasteiger partial charge on any atom is -0.314 e. The normalized spacial score (nSPS) is 30.8. The van der Waals surface area contributed by atoms with E-state index >= 15 is 0 Å². The lowest BCUT2D eigenvalue weighted by Crippen LogP contribution is -2.41. The van der Waals surface area contributed by atoms with E-state index < -0.39 is 0 Å². The Kier molecular flexibility index (Phi) is 4.66. The first-order valence-corrected chi connectivity index (χ1v) is 7.17. The molecule has 1 saturated carbocycles. The molecule has 1 N–H and O–H groups in total. The summed E-state index contributed by atoms with van der Waals surface area (Å²) in [4.78, 5) is 2.48. The number of likely N-dealkylation sites (tertiary alicyclic amines) is 1. The first kappa shape index (κ1) is 12.4. The third-order valence-electron chi connectivity index (χ3n) is 4.56. The molecule has 1 saturated heterocycles. The summed E-state index contributed by atoms with van der Waals surface area (Å²) in [6, 6.07) is 0.745. The Morgan fingerprint density at radius 3 is 2.62 bits per heavy atom. The molecule has 0 bridgehead atoms. The number of hydrogen-bond acceptors (Lipinski definition) is 2. The zero-order valence-electron chi connectivity index (χ0n) is 11.0. The molecule has 0 aromatic carbocycles. The molecule has 94 valence electrons. The van der Waals surface area contributed by atoms with Crippen LogP contribution in [0, 0.1) is 11.8 Å². The van der Waals surface area contributed by atoms with Crippen molar-refractivity contribution < 1.29 is 0 Å². The molecule has 1 aliphatic carbocycles. The summed E-state index contributed by atoms with van der Waals surface area (Å²) in [6.07, 6.45) is 8.65. The first-order valence-electron chi connectivity index (χ1n) is 7.17. The predicted octanol–water partition coefficient (Wildman–Crippen LogP) is 2.50. The number of nitrogens with one attached hydrogen (secondary N) is 1. The van der Waals surface area contributed by atoms with Gasteiger partial charge in [0.05, 0.1) is 0 Å². The highest BCUT2D eigenvalue weighted by Gasteiger charge is 2.23. The highest BCUT2D eigenvalue weighted by molar-refractivity contribution is 4.79. The molecule has 16 heavy (non-hydrogen) atoms. The summed E-state index contributed by atoms with van der Waals surface area (Å²) in [5.74, 6) is 1.85. The van der Waals surface area contributed by atoms with Gasteiger partial charge in [0, 0.05) is 12.6 Å². The zero-order valence-corrected chi connectivity index (χ0v) is 11.0. The summed E-state index contributed by atoms with van der Waals surface area (Å²) in [6.45, 7) is 6.23. The van der Waals surface area contributed by atoms with Gasteiger partial charge in [0.2, 0.25) is 0 Å². The van der Waals surface area contributed by atoms with Crippen LogP contribution in [0.25, 0.3) is 0 Å². The highest BCUT2D eigenvalue weighted by Crippen LogP contribution is 2.27. The second-order valence-electron chi connectivity index (χ2n) is 6.01. The fraction of sp³-hybridized carbons (Fsp3) is 1.00. The van der Waals surface area contributed by atoms with E-state index in [0.29, 0.717) is 0 Å². The number of nitrogens with zero attached hydrogens (tertiary/aromatic N) is 1. The lowest BCUT2D eigenvalue weighted by molar-refractivity contribution is 0.199. The fourth-order valence-corrected chi connectivity index (χ4v) is 3.42. The van der Waals surface area contributed by atoms with Crippen molar-refractivity contribution in [3.63, 3.8) is 0 Å². The van der Waals surface area contributed by atoms with Gasteiger partial charge in [-0.05, 0) is 64.6 Å². The lowest BCUT2D eigenvalue weighted by Gasteiger charge is -2.31.